The topological polar surface area (TPSA) is 35.2 Å². The summed E-state index contributed by atoms with van der Waals surface area (Å²) in [5.41, 5.74) is 9.27. The van der Waals surface area contributed by atoms with Gasteiger partial charge in [0.2, 0.25) is 0 Å². The van der Waals surface area contributed by atoms with Gasteiger partial charge in [0.15, 0.2) is 11.6 Å². The summed E-state index contributed by atoms with van der Waals surface area (Å²) in [6.45, 7) is 4.37. The highest BCUT2D eigenvalue weighted by atomic mass is 19.1. The molecule has 2 nitrogen and oxygen atoms in total. The minimum Gasteiger partial charge on any atom is -0.494 e. The summed E-state index contributed by atoms with van der Waals surface area (Å²) in [6, 6.07) is 12.7. The second-order valence-electron chi connectivity index (χ2n) is 5.71. The van der Waals surface area contributed by atoms with Crippen molar-refractivity contribution in [3.63, 3.8) is 0 Å². The van der Waals surface area contributed by atoms with E-state index in [1.807, 2.05) is 18.2 Å². The third kappa shape index (κ3) is 3.82. The Labute approximate surface area is 125 Å². The molecule has 0 aliphatic rings. The van der Waals surface area contributed by atoms with Gasteiger partial charge in [-0.2, -0.15) is 0 Å². The average molecular weight is 287 g/mol. The summed E-state index contributed by atoms with van der Waals surface area (Å²) in [5.74, 6) is 0.443. The zero-order valence-electron chi connectivity index (χ0n) is 12.8. The average Bonchev–Trinajstić information content (AvgIpc) is 2.46. The van der Waals surface area contributed by atoms with E-state index in [0.29, 0.717) is 5.92 Å². The standard InChI is InChI=1S/C18H22FNO/c1-12(2)9-13-5-4-6-14(10-13)18(20)15-7-8-17(21-3)16(19)11-15/h4-8,10-12,18H,9,20H2,1-3H3. The Morgan fingerprint density at radius 1 is 1.10 bits per heavy atom. The molecule has 0 aromatic heterocycles. The lowest BCUT2D eigenvalue weighted by Crippen LogP contribution is -2.12. The van der Waals surface area contributed by atoms with Gasteiger partial charge in [-0.05, 0) is 41.2 Å². The van der Waals surface area contributed by atoms with Gasteiger partial charge in [-0.15, -0.1) is 0 Å². The number of rotatable bonds is 5. The second kappa shape index (κ2) is 6.72. The third-order valence-corrected chi connectivity index (χ3v) is 3.49. The van der Waals surface area contributed by atoms with Crippen molar-refractivity contribution in [3.8, 4) is 5.75 Å². The number of methoxy groups -OCH3 is 1. The number of benzene rings is 2. The normalized spacial score (nSPS) is 12.5. The molecule has 21 heavy (non-hydrogen) atoms. The molecule has 3 heteroatoms. The van der Waals surface area contributed by atoms with Crippen molar-refractivity contribution in [3.05, 3.63) is 65.0 Å². The Hall–Kier alpha value is -1.87. The maximum absolute atomic E-state index is 13.8. The molecule has 0 heterocycles. The van der Waals surface area contributed by atoms with Crippen molar-refractivity contribution in [1.29, 1.82) is 0 Å². The van der Waals surface area contributed by atoms with Crippen LogP contribution in [0.3, 0.4) is 0 Å². The summed E-state index contributed by atoms with van der Waals surface area (Å²) in [6.07, 6.45) is 1.01. The monoisotopic (exact) mass is 287 g/mol. The predicted molar refractivity (Wildman–Crippen MR) is 84.0 cm³/mol. The van der Waals surface area contributed by atoms with Crippen LogP contribution in [0.1, 0.15) is 36.6 Å². The van der Waals surface area contributed by atoms with Gasteiger partial charge in [-0.1, -0.05) is 44.2 Å². The van der Waals surface area contributed by atoms with Crippen LogP contribution in [0.15, 0.2) is 42.5 Å². The van der Waals surface area contributed by atoms with E-state index in [-0.39, 0.29) is 17.6 Å². The molecule has 2 N–H and O–H groups in total. The largest absolute Gasteiger partial charge is 0.494 e. The first-order valence-electron chi connectivity index (χ1n) is 7.19. The molecule has 0 amide bonds. The first kappa shape index (κ1) is 15.5. The summed E-state index contributed by atoms with van der Waals surface area (Å²) in [4.78, 5) is 0. The van der Waals surface area contributed by atoms with Gasteiger partial charge in [-0.3, -0.25) is 0 Å². The van der Waals surface area contributed by atoms with Crippen LogP contribution in [0.4, 0.5) is 4.39 Å². The fourth-order valence-electron chi connectivity index (χ4n) is 2.45. The van der Waals surface area contributed by atoms with Crippen LogP contribution in [0.5, 0.6) is 5.75 Å². The summed E-state index contributed by atoms with van der Waals surface area (Å²) < 4.78 is 18.7. The fraction of sp³-hybridized carbons (Fsp3) is 0.333. The Morgan fingerprint density at radius 3 is 2.43 bits per heavy atom. The van der Waals surface area contributed by atoms with Gasteiger partial charge in [0.25, 0.3) is 0 Å². The maximum atomic E-state index is 13.8. The molecular formula is C18H22FNO. The van der Waals surface area contributed by atoms with Gasteiger partial charge in [0.1, 0.15) is 0 Å². The van der Waals surface area contributed by atoms with Crippen molar-refractivity contribution in [2.45, 2.75) is 26.3 Å². The van der Waals surface area contributed by atoms with Crippen LogP contribution in [0, 0.1) is 11.7 Å². The molecule has 0 aliphatic carbocycles. The maximum Gasteiger partial charge on any atom is 0.165 e. The fourth-order valence-corrected chi connectivity index (χ4v) is 2.45. The molecule has 1 unspecified atom stereocenters. The van der Waals surface area contributed by atoms with Gasteiger partial charge in [0, 0.05) is 0 Å². The van der Waals surface area contributed by atoms with Crippen molar-refractivity contribution in [2.24, 2.45) is 11.7 Å². The quantitative estimate of drug-likeness (QED) is 0.899. The van der Waals surface area contributed by atoms with Crippen molar-refractivity contribution in [2.75, 3.05) is 7.11 Å². The lowest BCUT2D eigenvalue weighted by molar-refractivity contribution is 0.386. The van der Waals surface area contributed by atoms with Crippen molar-refractivity contribution in [1.82, 2.24) is 0 Å². The van der Waals surface area contributed by atoms with E-state index in [1.165, 1.54) is 18.7 Å². The van der Waals surface area contributed by atoms with Gasteiger partial charge < -0.3 is 10.5 Å². The van der Waals surface area contributed by atoms with Crippen LogP contribution in [-0.4, -0.2) is 7.11 Å². The molecule has 0 bridgehead atoms. The molecule has 2 aromatic carbocycles. The van der Waals surface area contributed by atoms with Crippen LogP contribution < -0.4 is 10.5 Å². The molecule has 1 atom stereocenters. The molecule has 0 aliphatic heterocycles. The van der Waals surface area contributed by atoms with E-state index < -0.39 is 0 Å². The summed E-state index contributed by atoms with van der Waals surface area (Å²) >= 11 is 0. The van der Waals surface area contributed by atoms with Crippen molar-refractivity contribution >= 4 is 0 Å². The van der Waals surface area contributed by atoms with E-state index in [0.717, 1.165) is 17.5 Å². The van der Waals surface area contributed by atoms with Gasteiger partial charge >= 0.3 is 0 Å². The SMILES string of the molecule is COc1ccc(C(N)c2cccc(CC(C)C)c2)cc1F. The Bertz CT molecular complexity index is 610. The number of hydrogen-bond donors (Lipinski definition) is 1. The zero-order valence-corrected chi connectivity index (χ0v) is 12.8. The van der Waals surface area contributed by atoms with Crippen LogP contribution in [-0.2, 0) is 6.42 Å². The third-order valence-electron chi connectivity index (χ3n) is 3.49. The molecule has 0 fully saturated rings. The highest BCUT2D eigenvalue weighted by molar-refractivity contribution is 5.37. The number of nitrogens with two attached hydrogens (primary N) is 1. The van der Waals surface area contributed by atoms with E-state index in [4.69, 9.17) is 10.5 Å². The molecular weight excluding hydrogens is 265 g/mol. The van der Waals surface area contributed by atoms with E-state index >= 15 is 0 Å². The first-order chi connectivity index (χ1) is 10.0. The highest BCUT2D eigenvalue weighted by Crippen LogP contribution is 2.25. The van der Waals surface area contributed by atoms with E-state index in [9.17, 15) is 4.39 Å². The molecule has 112 valence electrons. The smallest absolute Gasteiger partial charge is 0.165 e. The summed E-state index contributed by atoms with van der Waals surface area (Å²) in [7, 11) is 1.45. The van der Waals surface area contributed by atoms with Crippen molar-refractivity contribution < 1.29 is 9.13 Å². The number of halogens is 1. The van der Waals surface area contributed by atoms with Crippen LogP contribution >= 0.6 is 0 Å². The number of hydrogen-bond acceptors (Lipinski definition) is 2. The van der Waals surface area contributed by atoms with Crippen LogP contribution in [0.25, 0.3) is 0 Å². The minimum atomic E-state index is -0.385. The lowest BCUT2D eigenvalue weighted by atomic mass is 9.95. The van der Waals surface area contributed by atoms with E-state index in [1.54, 1.807) is 6.07 Å². The molecule has 0 saturated heterocycles. The number of ether oxygens (including phenoxy) is 1. The first-order valence-corrected chi connectivity index (χ1v) is 7.19. The van der Waals surface area contributed by atoms with Gasteiger partial charge in [-0.25, -0.2) is 4.39 Å². The second-order valence-corrected chi connectivity index (χ2v) is 5.71. The lowest BCUT2D eigenvalue weighted by Gasteiger charge is -2.15. The molecule has 2 rings (SSSR count). The van der Waals surface area contributed by atoms with Gasteiger partial charge in [0.05, 0.1) is 13.2 Å². The Morgan fingerprint density at radius 2 is 1.81 bits per heavy atom. The Kier molecular flexibility index (Phi) is 4.97. The molecule has 0 spiro atoms. The van der Waals surface area contributed by atoms with E-state index in [2.05, 4.69) is 26.0 Å². The summed E-state index contributed by atoms with van der Waals surface area (Å²) in [5, 5.41) is 0. The minimum absolute atomic E-state index is 0.236. The van der Waals surface area contributed by atoms with Crippen LogP contribution in [0.2, 0.25) is 0 Å². The predicted octanol–water partition coefficient (Wildman–Crippen LogP) is 4.08. The molecule has 0 saturated carbocycles. The highest BCUT2D eigenvalue weighted by Gasteiger charge is 2.12. The molecule has 2 aromatic rings. The molecule has 0 radical (unpaired) electrons. The Balaban J connectivity index is 2.27. The zero-order chi connectivity index (χ0) is 15.4.